The van der Waals surface area contributed by atoms with Crippen LogP contribution in [0.4, 0.5) is 0 Å². The number of nitrogens with zero attached hydrogens (tertiary/aromatic N) is 1. The third-order valence-electron chi connectivity index (χ3n) is 0.803. The molecule has 9 heavy (non-hydrogen) atoms. The van der Waals surface area contributed by atoms with Gasteiger partial charge in [-0.2, -0.15) is 4.73 Å². The fraction of sp³-hybridized carbons (Fsp3) is 0. The molecule has 0 aliphatic heterocycles. The normalized spacial score (nSPS) is 8.00. The van der Waals surface area contributed by atoms with Crippen LogP contribution >= 0.6 is 12.2 Å². The third kappa shape index (κ3) is 2.88. The van der Waals surface area contributed by atoms with Crippen molar-refractivity contribution >= 4 is 61.1 Å². The molecule has 0 radical (unpaired) electrons. The van der Waals surface area contributed by atoms with Crippen LogP contribution in [-0.2, 0) is 0 Å². The SMILES string of the molecule is On1ccccc1=S.[BaH2]. The van der Waals surface area contributed by atoms with E-state index < -0.39 is 0 Å². The van der Waals surface area contributed by atoms with Gasteiger partial charge in [0.2, 0.25) is 0 Å². The summed E-state index contributed by atoms with van der Waals surface area (Å²) in [7, 11) is 0. The number of hydrogen-bond donors (Lipinski definition) is 1. The Morgan fingerprint density at radius 2 is 2.11 bits per heavy atom. The Morgan fingerprint density at radius 1 is 1.44 bits per heavy atom. The summed E-state index contributed by atoms with van der Waals surface area (Å²) in [5, 5.41) is 8.73. The van der Waals surface area contributed by atoms with Gasteiger partial charge in [-0.25, -0.2) is 0 Å². The second-order valence-electron chi connectivity index (χ2n) is 1.38. The average molecular weight is 267 g/mol. The van der Waals surface area contributed by atoms with Crippen LogP contribution in [0.25, 0.3) is 0 Å². The van der Waals surface area contributed by atoms with E-state index in [2.05, 4.69) is 12.2 Å². The van der Waals surface area contributed by atoms with Crippen LogP contribution in [0.1, 0.15) is 0 Å². The summed E-state index contributed by atoms with van der Waals surface area (Å²) >= 11 is 4.67. The first kappa shape index (κ1) is 9.74. The van der Waals surface area contributed by atoms with Gasteiger partial charge in [-0.05, 0) is 12.1 Å². The molecule has 0 fully saturated rings. The molecule has 46 valence electrons. The maximum absolute atomic E-state index is 8.73. The molecule has 0 spiro atoms. The first-order valence-corrected chi connectivity index (χ1v) is 2.58. The standard InChI is InChI=1S/C5H5NOS.Ba.2H/c7-6-4-2-1-3-5(6)8;;;/h1-4,7H;;;. The van der Waals surface area contributed by atoms with E-state index in [1.165, 1.54) is 6.20 Å². The fourth-order valence-corrected chi connectivity index (χ4v) is 0.558. The molecule has 1 aromatic rings. The molecule has 0 saturated heterocycles. The Kier molecular flexibility index (Phi) is 4.91. The second-order valence-corrected chi connectivity index (χ2v) is 1.80. The van der Waals surface area contributed by atoms with Crippen molar-refractivity contribution in [2.75, 3.05) is 0 Å². The second kappa shape index (κ2) is 4.54. The monoisotopic (exact) mass is 267 g/mol. The van der Waals surface area contributed by atoms with Crippen LogP contribution in [0.15, 0.2) is 24.4 Å². The van der Waals surface area contributed by atoms with Crippen LogP contribution in [-0.4, -0.2) is 58.8 Å². The summed E-state index contributed by atoms with van der Waals surface area (Å²) in [5.41, 5.74) is 0. The average Bonchev–Trinajstić information content (AvgIpc) is 1.77. The minimum atomic E-state index is 0. The molecule has 0 amide bonds. The number of pyridine rings is 1. The van der Waals surface area contributed by atoms with Crippen molar-refractivity contribution in [3.05, 3.63) is 29.0 Å². The van der Waals surface area contributed by atoms with Gasteiger partial charge >= 0.3 is 48.9 Å². The zero-order valence-corrected chi connectivity index (χ0v) is 4.93. The van der Waals surface area contributed by atoms with Crippen molar-refractivity contribution in [2.24, 2.45) is 0 Å². The number of rotatable bonds is 0. The van der Waals surface area contributed by atoms with Gasteiger partial charge in [0.05, 0.1) is 0 Å². The van der Waals surface area contributed by atoms with Gasteiger partial charge in [-0.1, -0.05) is 18.3 Å². The Morgan fingerprint density at radius 3 is 2.44 bits per heavy atom. The summed E-state index contributed by atoms with van der Waals surface area (Å²) < 4.78 is 1.32. The molecule has 1 aromatic heterocycles. The molecule has 0 aliphatic carbocycles. The molecule has 1 rings (SSSR count). The van der Waals surface area contributed by atoms with E-state index in [0.717, 1.165) is 4.73 Å². The molecular formula is C5H7BaNOS. The maximum atomic E-state index is 8.73. The first-order chi connectivity index (χ1) is 3.80. The zero-order valence-electron chi connectivity index (χ0n) is 4.11. The number of aromatic nitrogens is 1. The van der Waals surface area contributed by atoms with Crippen LogP contribution in [0.3, 0.4) is 0 Å². The molecule has 0 saturated carbocycles. The van der Waals surface area contributed by atoms with Crippen LogP contribution in [0, 0.1) is 4.64 Å². The van der Waals surface area contributed by atoms with Gasteiger partial charge in [-0.15, -0.1) is 0 Å². The molecule has 4 heteroatoms. The fourth-order valence-electron chi connectivity index (χ4n) is 0.419. The Bertz CT molecular complexity index is 234. The molecule has 1 N–H and O–H groups in total. The Hall–Kier alpha value is 0.741. The molecule has 1 heterocycles. The molecule has 0 bridgehead atoms. The van der Waals surface area contributed by atoms with Crippen LogP contribution in [0.5, 0.6) is 0 Å². The van der Waals surface area contributed by atoms with Crippen LogP contribution < -0.4 is 0 Å². The summed E-state index contributed by atoms with van der Waals surface area (Å²) in [6.07, 6.45) is 1.49. The van der Waals surface area contributed by atoms with E-state index >= 15 is 0 Å². The van der Waals surface area contributed by atoms with Crippen molar-refractivity contribution in [3.63, 3.8) is 0 Å². The van der Waals surface area contributed by atoms with E-state index in [0.29, 0.717) is 4.64 Å². The van der Waals surface area contributed by atoms with E-state index in [-0.39, 0.29) is 48.9 Å². The van der Waals surface area contributed by atoms with E-state index in [1.54, 1.807) is 18.2 Å². The summed E-state index contributed by atoms with van der Waals surface area (Å²) in [5.74, 6) is 0. The van der Waals surface area contributed by atoms with Crippen molar-refractivity contribution in [2.45, 2.75) is 0 Å². The molecule has 0 aliphatic rings. The van der Waals surface area contributed by atoms with E-state index in [4.69, 9.17) is 5.21 Å². The summed E-state index contributed by atoms with van der Waals surface area (Å²) in [6, 6.07) is 5.13. The van der Waals surface area contributed by atoms with Crippen molar-refractivity contribution in [3.8, 4) is 0 Å². The molecule has 2 nitrogen and oxygen atoms in total. The van der Waals surface area contributed by atoms with Gasteiger partial charge in [0.25, 0.3) is 0 Å². The summed E-state index contributed by atoms with van der Waals surface area (Å²) in [4.78, 5) is 0. The van der Waals surface area contributed by atoms with E-state index in [9.17, 15) is 0 Å². The Labute approximate surface area is 98.5 Å². The zero-order chi connectivity index (χ0) is 5.98. The van der Waals surface area contributed by atoms with Gasteiger partial charge in [-0.3, -0.25) is 0 Å². The van der Waals surface area contributed by atoms with Gasteiger partial charge < -0.3 is 5.21 Å². The predicted molar refractivity (Wildman–Crippen MR) is 41.0 cm³/mol. The van der Waals surface area contributed by atoms with Crippen molar-refractivity contribution < 1.29 is 5.21 Å². The van der Waals surface area contributed by atoms with Gasteiger partial charge in [0.15, 0.2) is 0 Å². The Balaban J connectivity index is 0.000000640. The number of hydrogen-bond acceptors (Lipinski definition) is 2. The summed E-state index contributed by atoms with van der Waals surface area (Å²) in [6.45, 7) is 0. The van der Waals surface area contributed by atoms with Gasteiger partial charge in [0.1, 0.15) is 4.64 Å². The molecular weight excluding hydrogens is 259 g/mol. The van der Waals surface area contributed by atoms with Crippen molar-refractivity contribution in [1.29, 1.82) is 0 Å². The molecule has 0 aromatic carbocycles. The van der Waals surface area contributed by atoms with Crippen molar-refractivity contribution in [1.82, 2.24) is 4.73 Å². The predicted octanol–water partition coefficient (Wildman–Crippen LogP) is 0.539. The minimum absolute atomic E-state index is 0. The first-order valence-electron chi connectivity index (χ1n) is 2.17. The van der Waals surface area contributed by atoms with Crippen LogP contribution in [0.2, 0.25) is 0 Å². The van der Waals surface area contributed by atoms with E-state index in [1.807, 2.05) is 0 Å². The quantitative estimate of drug-likeness (QED) is 0.421. The molecule has 0 unspecified atom stereocenters. The third-order valence-corrected chi connectivity index (χ3v) is 1.13. The topological polar surface area (TPSA) is 25.2 Å². The molecule has 0 atom stereocenters. The van der Waals surface area contributed by atoms with Gasteiger partial charge in [0, 0.05) is 6.20 Å².